The quantitative estimate of drug-likeness (QED) is 0.439. The summed E-state index contributed by atoms with van der Waals surface area (Å²) in [6, 6.07) is 9.12. The fourth-order valence-corrected chi connectivity index (χ4v) is 2.58. The zero-order valence-corrected chi connectivity index (χ0v) is 9.14. The third kappa shape index (κ3) is 3.98. The van der Waals surface area contributed by atoms with Crippen molar-refractivity contribution >= 4 is 33.0 Å². The van der Waals surface area contributed by atoms with Crippen LogP contribution in [-0.2, 0) is 4.79 Å². The average molecular weight is 226 g/mol. The van der Waals surface area contributed by atoms with Gasteiger partial charge in [0.1, 0.15) is 6.29 Å². The third-order valence-electron chi connectivity index (χ3n) is 1.46. The molecule has 0 atom stereocenters. The first-order chi connectivity index (χ1) is 6.84. The summed E-state index contributed by atoms with van der Waals surface area (Å²) in [7, 11) is 2.60. The summed E-state index contributed by atoms with van der Waals surface area (Å²) in [5.41, 5.74) is 0.705. The van der Waals surface area contributed by atoms with E-state index in [0.29, 0.717) is 17.7 Å². The summed E-state index contributed by atoms with van der Waals surface area (Å²) in [5, 5.41) is 0.0431. The van der Waals surface area contributed by atoms with Crippen molar-refractivity contribution in [3.63, 3.8) is 0 Å². The van der Waals surface area contributed by atoms with Crippen LogP contribution in [0.1, 0.15) is 16.8 Å². The molecule has 0 radical (unpaired) electrons. The zero-order valence-electron chi connectivity index (χ0n) is 7.51. The molecule has 0 unspecified atom stereocenters. The van der Waals surface area contributed by atoms with Crippen molar-refractivity contribution in [1.82, 2.24) is 0 Å². The zero-order chi connectivity index (χ0) is 10.2. The maximum absolute atomic E-state index is 11.5. The molecule has 0 saturated carbocycles. The van der Waals surface area contributed by atoms with E-state index in [0.717, 1.165) is 6.29 Å². The first kappa shape index (κ1) is 11.3. The SMILES string of the molecule is O=CCCSSC(=O)c1ccccc1. The Hall–Kier alpha value is -0.740. The maximum Gasteiger partial charge on any atom is 0.229 e. The largest absolute Gasteiger partial charge is 0.303 e. The van der Waals surface area contributed by atoms with Crippen LogP contribution in [0.3, 0.4) is 0 Å². The molecule has 74 valence electrons. The Kier molecular flexibility index (Phi) is 5.40. The Labute approximate surface area is 90.9 Å². The van der Waals surface area contributed by atoms with Gasteiger partial charge in [0.15, 0.2) is 0 Å². The fraction of sp³-hybridized carbons (Fsp3) is 0.200. The molecule has 1 aromatic rings. The number of hydrogen-bond acceptors (Lipinski definition) is 4. The lowest BCUT2D eigenvalue weighted by Crippen LogP contribution is -1.90. The molecule has 0 aliphatic rings. The predicted octanol–water partition coefficient (Wildman–Crippen LogP) is 2.80. The molecule has 1 rings (SSSR count). The molecule has 2 nitrogen and oxygen atoms in total. The van der Waals surface area contributed by atoms with Crippen molar-refractivity contribution in [2.24, 2.45) is 0 Å². The van der Waals surface area contributed by atoms with E-state index in [1.165, 1.54) is 21.6 Å². The van der Waals surface area contributed by atoms with Crippen LogP contribution in [0.5, 0.6) is 0 Å². The Morgan fingerprint density at radius 3 is 2.64 bits per heavy atom. The molecular formula is C10H10O2S2. The van der Waals surface area contributed by atoms with E-state index in [4.69, 9.17) is 0 Å². The van der Waals surface area contributed by atoms with Gasteiger partial charge in [0.25, 0.3) is 0 Å². The van der Waals surface area contributed by atoms with Crippen LogP contribution in [0, 0.1) is 0 Å². The molecule has 0 spiro atoms. The number of carbonyl (C=O) groups is 2. The van der Waals surface area contributed by atoms with Gasteiger partial charge in [-0.1, -0.05) is 41.1 Å². The van der Waals surface area contributed by atoms with Crippen molar-refractivity contribution in [2.45, 2.75) is 6.42 Å². The fourth-order valence-electron chi connectivity index (χ4n) is 0.814. The molecule has 0 heterocycles. The van der Waals surface area contributed by atoms with Crippen LogP contribution < -0.4 is 0 Å². The minimum absolute atomic E-state index is 0.0431. The van der Waals surface area contributed by atoms with Crippen molar-refractivity contribution in [1.29, 1.82) is 0 Å². The Bertz CT molecular complexity index is 298. The molecule has 0 saturated heterocycles. The highest BCUT2D eigenvalue weighted by molar-refractivity contribution is 8.82. The molecule has 4 heteroatoms. The summed E-state index contributed by atoms with van der Waals surface area (Å²) in [6.45, 7) is 0. The summed E-state index contributed by atoms with van der Waals surface area (Å²) < 4.78 is 0. The maximum atomic E-state index is 11.5. The minimum Gasteiger partial charge on any atom is -0.303 e. The van der Waals surface area contributed by atoms with Gasteiger partial charge in [0, 0.05) is 17.7 Å². The number of carbonyl (C=O) groups excluding carboxylic acids is 2. The monoisotopic (exact) mass is 226 g/mol. The number of hydrogen-bond donors (Lipinski definition) is 0. The molecule has 0 N–H and O–H groups in total. The van der Waals surface area contributed by atoms with E-state index in [-0.39, 0.29) is 5.12 Å². The van der Waals surface area contributed by atoms with Crippen molar-refractivity contribution in [3.8, 4) is 0 Å². The summed E-state index contributed by atoms with van der Waals surface area (Å²) in [6.07, 6.45) is 1.36. The van der Waals surface area contributed by atoms with Gasteiger partial charge in [-0.05, 0) is 10.8 Å². The van der Waals surface area contributed by atoms with Crippen LogP contribution in [-0.4, -0.2) is 17.2 Å². The second-order valence-electron chi connectivity index (χ2n) is 2.51. The second kappa shape index (κ2) is 6.68. The van der Waals surface area contributed by atoms with E-state index >= 15 is 0 Å². The third-order valence-corrected chi connectivity index (χ3v) is 3.68. The summed E-state index contributed by atoms with van der Waals surface area (Å²) >= 11 is 0. The normalized spacial score (nSPS) is 9.71. The number of benzene rings is 1. The van der Waals surface area contributed by atoms with Gasteiger partial charge in [-0.3, -0.25) is 4.79 Å². The van der Waals surface area contributed by atoms with E-state index in [2.05, 4.69) is 0 Å². The number of rotatable bonds is 5. The van der Waals surface area contributed by atoms with Gasteiger partial charge >= 0.3 is 0 Å². The molecule has 0 aliphatic carbocycles. The smallest absolute Gasteiger partial charge is 0.229 e. The Balaban J connectivity index is 2.32. The first-order valence-electron chi connectivity index (χ1n) is 4.17. The van der Waals surface area contributed by atoms with Crippen molar-refractivity contribution in [2.75, 3.05) is 5.75 Å². The molecule has 0 bridgehead atoms. The van der Waals surface area contributed by atoms with E-state index in [1.807, 2.05) is 18.2 Å². The Morgan fingerprint density at radius 1 is 1.29 bits per heavy atom. The molecule has 0 amide bonds. The van der Waals surface area contributed by atoms with Crippen LogP contribution in [0.25, 0.3) is 0 Å². The van der Waals surface area contributed by atoms with E-state index in [1.54, 1.807) is 12.1 Å². The van der Waals surface area contributed by atoms with Crippen molar-refractivity contribution < 1.29 is 9.59 Å². The lowest BCUT2D eigenvalue weighted by molar-refractivity contribution is -0.107. The average Bonchev–Trinajstić information content (AvgIpc) is 2.25. The first-order valence-corrected chi connectivity index (χ1v) is 6.49. The van der Waals surface area contributed by atoms with E-state index < -0.39 is 0 Å². The van der Waals surface area contributed by atoms with Gasteiger partial charge < -0.3 is 4.79 Å². The molecule has 0 aliphatic heterocycles. The van der Waals surface area contributed by atoms with Gasteiger partial charge in [0.2, 0.25) is 5.12 Å². The lowest BCUT2D eigenvalue weighted by atomic mass is 10.2. The molecule has 0 aromatic heterocycles. The highest BCUT2D eigenvalue weighted by Crippen LogP contribution is 2.25. The molecule has 1 aromatic carbocycles. The lowest BCUT2D eigenvalue weighted by Gasteiger charge is -1.97. The summed E-state index contributed by atoms with van der Waals surface area (Å²) in [5.74, 6) is 0.687. The van der Waals surface area contributed by atoms with E-state index in [9.17, 15) is 9.59 Å². The minimum atomic E-state index is 0.0431. The molecular weight excluding hydrogens is 216 g/mol. The van der Waals surface area contributed by atoms with Crippen LogP contribution in [0.2, 0.25) is 0 Å². The van der Waals surface area contributed by atoms with Crippen LogP contribution in [0.15, 0.2) is 30.3 Å². The van der Waals surface area contributed by atoms with Crippen LogP contribution in [0.4, 0.5) is 0 Å². The molecule has 14 heavy (non-hydrogen) atoms. The van der Waals surface area contributed by atoms with Gasteiger partial charge in [0.05, 0.1) is 0 Å². The molecule has 0 fully saturated rings. The van der Waals surface area contributed by atoms with Gasteiger partial charge in [-0.2, -0.15) is 0 Å². The van der Waals surface area contributed by atoms with Crippen molar-refractivity contribution in [3.05, 3.63) is 35.9 Å². The summed E-state index contributed by atoms with van der Waals surface area (Å²) in [4.78, 5) is 21.5. The van der Waals surface area contributed by atoms with Crippen LogP contribution >= 0.6 is 21.6 Å². The topological polar surface area (TPSA) is 34.1 Å². The van der Waals surface area contributed by atoms with Gasteiger partial charge in [-0.25, -0.2) is 0 Å². The highest BCUT2D eigenvalue weighted by Gasteiger charge is 2.05. The van der Waals surface area contributed by atoms with Gasteiger partial charge in [-0.15, -0.1) is 0 Å². The second-order valence-corrected chi connectivity index (χ2v) is 4.90. The standard InChI is InChI=1S/C10H10O2S2/c11-7-4-8-13-14-10(12)9-5-2-1-3-6-9/h1-3,5-7H,4,8H2. The Morgan fingerprint density at radius 2 is 2.00 bits per heavy atom. The predicted molar refractivity (Wildman–Crippen MR) is 61.5 cm³/mol. The highest BCUT2D eigenvalue weighted by atomic mass is 33.1. The number of aldehydes is 1.